The minimum atomic E-state index is -0.978. The van der Waals surface area contributed by atoms with Crippen molar-refractivity contribution in [1.29, 1.82) is 0 Å². The van der Waals surface area contributed by atoms with Gasteiger partial charge in [0.05, 0.1) is 10.6 Å². The van der Waals surface area contributed by atoms with Crippen LogP contribution in [0.3, 0.4) is 0 Å². The number of nitrogens with two attached hydrogens (primary N) is 1. The van der Waals surface area contributed by atoms with E-state index in [1.54, 1.807) is 0 Å². The number of halogens is 1. The molecule has 4 N–H and O–H groups in total. The number of hydrogen-bond donors (Lipinski definition) is 3. The van der Waals surface area contributed by atoms with Gasteiger partial charge in [0.25, 0.3) is 0 Å². The van der Waals surface area contributed by atoms with E-state index >= 15 is 0 Å². The van der Waals surface area contributed by atoms with Gasteiger partial charge in [0.15, 0.2) is 0 Å². The van der Waals surface area contributed by atoms with Gasteiger partial charge in [-0.05, 0) is 12.5 Å². The normalized spacial score (nSPS) is 11.9. The molecule has 1 amide bonds. The third kappa shape index (κ3) is 3.59. The number of carbonyl (C=O) groups is 2. The van der Waals surface area contributed by atoms with Crippen molar-refractivity contribution in [2.24, 2.45) is 5.73 Å². The first kappa shape index (κ1) is 14.2. The molecule has 0 fully saturated rings. The molecular formula is C11H14ClN3O3. The van der Waals surface area contributed by atoms with Crippen LogP contribution < -0.4 is 11.1 Å². The lowest BCUT2D eigenvalue weighted by Crippen LogP contribution is -2.29. The number of nitrogens with one attached hydrogen (secondary N) is 1. The van der Waals surface area contributed by atoms with Crippen LogP contribution in [0, 0.1) is 0 Å². The van der Waals surface area contributed by atoms with Gasteiger partial charge in [0, 0.05) is 6.20 Å². The lowest BCUT2D eigenvalue weighted by molar-refractivity contribution is -0.138. The smallest absolute Gasteiger partial charge is 0.326 e. The first-order valence-electron chi connectivity index (χ1n) is 5.40. The van der Waals surface area contributed by atoms with Crippen LogP contribution in [0.4, 0.5) is 5.82 Å². The van der Waals surface area contributed by atoms with Crippen molar-refractivity contribution < 1.29 is 14.7 Å². The maximum absolute atomic E-state index is 11.0. The molecule has 0 saturated heterocycles. The minimum absolute atomic E-state index is 0.161. The lowest BCUT2D eigenvalue weighted by Gasteiger charge is -2.15. The molecule has 0 aromatic carbocycles. The van der Waals surface area contributed by atoms with Gasteiger partial charge in [-0.1, -0.05) is 24.9 Å². The summed E-state index contributed by atoms with van der Waals surface area (Å²) in [5, 5.41) is 11.9. The van der Waals surface area contributed by atoms with Gasteiger partial charge in [-0.15, -0.1) is 0 Å². The highest BCUT2D eigenvalue weighted by molar-refractivity contribution is 6.33. The molecule has 0 saturated carbocycles. The van der Waals surface area contributed by atoms with E-state index in [0.717, 1.165) is 0 Å². The average Bonchev–Trinajstić information content (AvgIpc) is 2.30. The number of anilines is 1. The maximum atomic E-state index is 11.0. The summed E-state index contributed by atoms with van der Waals surface area (Å²) in [5.41, 5.74) is 5.25. The summed E-state index contributed by atoms with van der Waals surface area (Å²) in [4.78, 5) is 25.8. The summed E-state index contributed by atoms with van der Waals surface area (Å²) in [7, 11) is 0. The predicted octanol–water partition coefficient (Wildman–Crippen LogP) is 1.50. The Labute approximate surface area is 109 Å². The zero-order valence-electron chi connectivity index (χ0n) is 9.81. The summed E-state index contributed by atoms with van der Waals surface area (Å²) < 4.78 is 0. The fourth-order valence-electron chi connectivity index (χ4n) is 1.39. The van der Waals surface area contributed by atoms with Gasteiger partial charge in [-0.25, -0.2) is 9.78 Å². The topological polar surface area (TPSA) is 105 Å². The number of nitrogens with zero attached hydrogens (tertiary/aromatic N) is 1. The van der Waals surface area contributed by atoms with Crippen LogP contribution in [0.5, 0.6) is 0 Å². The Morgan fingerprint density at radius 1 is 1.61 bits per heavy atom. The third-order valence-electron chi connectivity index (χ3n) is 2.31. The molecule has 0 spiro atoms. The number of amides is 1. The molecule has 1 unspecified atom stereocenters. The van der Waals surface area contributed by atoms with Crippen LogP contribution in [-0.4, -0.2) is 28.0 Å². The van der Waals surface area contributed by atoms with Crippen LogP contribution in [0.1, 0.15) is 30.1 Å². The quantitative estimate of drug-likeness (QED) is 0.727. The molecule has 1 aromatic heterocycles. The minimum Gasteiger partial charge on any atom is -0.480 e. The van der Waals surface area contributed by atoms with E-state index in [9.17, 15) is 9.59 Å². The fraction of sp³-hybridized carbons (Fsp3) is 0.364. The summed E-state index contributed by atoms with van der Waals surface area (Å²) >= 11 is 5.90. The Kier molecular flexibility index (Phi) is 4.91. The second-order valence-corrected chi connectivity index (χ2v) is 4.15. The number of aromatic nitrogens is 1. The number of primary amides is 1. The number of carboxylic acid groups (broad SMARTS) is 1. The van der Waals surface area contributed by atoms with Gasteiger partial charge in [-0.3, -0.25) is 4.79 Å². The van der Waals surface area contributed by atoms with Crippen LogP contribution in [0.2, 0.25) is 5.02 Å². The van der Waals surface area contributed by atoms with Crippen molar-refractivity contribution in [3.05, 3.63) is 22.8 Å². The highest BCUT2D eigenvalue weighted by atomic mass is 35.5. The second-order valence-electron chi connectivity index (χ2n) is 3.74. The summed E-state index contributed by atoms with van der Waals surface area (Å²) in [5.74, 6) is -1.39. The van der Waals surface area contributed by atoms with Crippen molar-refractivity contribution in [3.8, 4) is 0 Å². The maximum Gasteiger partial charge on any atom is 0.326 e. The van der Waals surface area contributed by atoms with Crippen LogP contribution in [-0.2, 0) is 4.79 Å². The highest BCUT2D eigenvalue weighted by Gasteiger charge is 2.18. The molecule has 98 valence electrons. The SMILES string of the molecule is CCCC(Nc1ncc(C(N)=O)cc1Cl)C(=O)O. The van der Waals surface area contributed by atoms with Gasteiger partial charge in [0.1, 0.15) is 11.9 Å². The number of rotatable bonds is 6. The largest absolute Gasteiger partial charge is 0.480 e. The van der Waals surface area contributed by atoms with Crippen molar-refractivity contribution in [3.63, 3.8) is 0 Å². The molecule has 0 aliphatic rings. The molecule has 0 radical (unpaired) electrons. The second kappa shape index (κ2) is 6.20. The Morgan fingerprint density at radius 2 is 2.28 bits per heavy atom. The number of carboxylic acids is 1. The van der Waals surface area contributed by atoms with Crippen LogP contribution in [0.15, 0.2) is 12.3 Å². The highest BCUT2D eigenvalue weighted by Crippen LogP contribution is 2.21. The Morgan fingerprint density at radius 3 is 2.72 bits per heavy atom. The Hall–Kier alpha value is -1.82. The lowest BCUT2D eigenvalue weighted by atomic mass is 10.1. The van der Waals surface area contributed by atoms with E-state index in [1.807, 2.05) is 6.92 Å². The molecule has 1 rings (SSSR count). The van der Waals surface area contributed by atoms with Crippen molar-refractivity contribution in [2.45, 2.75) is 25.8 Å². The van der Waals surface area contributed by atoms with E-state index in [-0.39, 0.29) is 16.4 Å². The Balaban J connectivity index is 2.90. The van der Waals surface area contributed by atoms with Crippen molar-refractivity contribution >= 4 is 29.3 Å². The molecule has 1 atom stereocenters. The average molecular weight is 272 g/mol. The molecule has 0 aliphatic carbocycles. The van der Waals surface area contributed by atoms with E-state index in [1.165, 1.54) is 12.3 Å². The van der Waals surface area contributed by atoms with Crippen LogP contribution in [0.25, 0.3) is 0 Å². The molecule has 0 bridgehead atoms. The van der Waals surface area contributed by atoms with Gasteiger partial charge >= 0.3 is 5.97 Å². The molecule has 1 heterocycles. The zero-order chi connectivity index (χ0) is 13.7. The van der Waals surface area contributed by atoms with Gasteiger partial charge in [0.2, 0.25) is 5.91 Å². The fourth-order valence-corrected chi connectivity index (χ4v) is 1.61. The summed E-state index contributed by atoms with van der Waals surface area (Å²) in [6, 6.07) is 0.587. The first-order valence-corrected chi connectivity index (χ1v) is 5.78. The molecule has 6 nitrogen and oxygen atoms in total. The first-order chi connectivity index (χ1) is 8.45. The monoisotopic (exact) mass is 271 g/mol. The van der Waals surface area contributed by atoms with Crippen molar-refractivity contribution in [2.75, 3.05) is 5.32 Å². The number of carbonyl (C=O) groups excluding carboxylic acids is 1. The van der Waals surface area contributed by atoms with E-state index < -0.39 is 17.9 Å². The van der Waals surface area contributed by atoms with Gasteiger partial charge in [-0.2, -0.15) is 0 Å². The summed E-state index contributed by atoms with van der Waals surface area (Å²) in [6.07, 6.45) is 2.41. The van der Waals surface area contributed by atoms with E-state index in [2.05, 4.69) is 10.3 Å². The van der Waals surface area contributed by atoms with E-state index in [4.69, 9.17) is 22.4 Å². The number of hydrogen-bond acceptors (Lipinski definition) is 4. The predicted molar refractivity (Wildman–Crippen MR) is 67.7 cm³/mol. The summed E-state index contributed by atoms with van der Waals surface area (Å²) in [6.45, 7) is 1.88. The molecule has 1 aromatic rings. The van der Waals surface area contributed by atoms with Crippen molar-refractivity contribution in [1.82, 2.24) is 4.98 Å². The van der Waals surface area contributed by atoms with Crippen LogP contribution >= 0.6 is 11.6 Å². The molecular weight excluding hydrogens is 258 g/mol. The Bertz CT molecular complexity index is 465. The third-order valence-corrected chi connectivity index (χ3v) is 2.60. The molecule has 18 heavy (non-hydrogen) atoms. The van der Waals surface area contributed by atoms with Gasteiger partial charge < -0.3 is 16.2 Å². The standard InChI is InChI=1S/C11H14ClN3O3/c1-2-3-8(11(17)18)15-10-7(12)4-6(5-14-10)9(13)16/h4-5,8H,2-3H2,1H3,(H2,13,16)(H,14,15)(H,17,18). The number of aliphatic carboxylic acids is 1. The number of pyridine rings is 1. The van der Waals surface area contributed by atoms with E-state index in [0.29, 0.717) is 12.8 Å². The zero-order valence-corrected chi connectivity index (χ0v) is 10.6. The molecule has 0 aliphatic heterocycles. The molecule has 7 heteroatoms.